The Balaban J connectivity index is 0.00000169. The highest BCUT2D eigenvalue weighted by Crippen LogP contribution is 2.22. The van der Waals surface area contributed by atoms with Crippen LogP contribution in [0.5, 0.6) is 0 Å². The van der Waals surface area contributed by atoms with Gasteiger partial charge >= 0.3 is 0 Å². The number of halogens is 2. The van der Waals surface area contributed by atoms with E-state index in [9.17, 15) is 4.79 Å². The maximum Gasteiger partial charge on any atom is 0.255 e. The lowest BCUT2D eigenvalue weighted by Crippen LogP contribution is -2.32. The summed E-state index contributed by atoms with van der Waals surface area (Å²) in [6.45, 7) is 5.27. The van der Waals surface area contributed by atoms with Gasteiger partial charge in [0.05, 0.1) is 0 Å². The predicted molar refractivity (Wildman–Crippen MR) is 117 cm³/mol. The molecular formula is C19H25Cl2N3OS. The van der Waals surface area contributed by atoms with Crippen LogP contribution in [0.15, 0.2) is 42.5 Å². The van der Waals surface area contributed by atoms with Gasteiger partial charge in [0.15, 0.2) is 0 Å². The minimum absolute atomic E-state index is 0. The highest BCUT2D eigenvalue weighted by Gasteiger charge is 2.14. The largest absolute Gasteiger partial charge is 0.399 e. The molecule has 1 saturated heterocycles. The van der Waals surface area contributed by atoms with Gasteiger partial charge < -0.3 is 11.1 Å². The van der Waals surface area contributed by atoms with Crippen LogP contribution in [0.2, 0.25) is 0 Å². The second-order valence-electron chi connectivity index (χ2n) is 6.06. The average molecular weight is 414 g/mol. The van der Waals surface area contributed by atoms with E-state index in [1.165, 1.54) is 17.1 Å². The van der Waals surface area contributed by atoms with Gasteiger partial charge in [-0.2, -0.15) is 11.8 Å². The molecule has 3 N–H and O–H groups in total. The smallest absolute Gasteiger partial charge is 0.255 e. The first-order valence-electron chi connectivity index (χ1n) is 8.19. The van der Waals surface area contributed by atoms with E-state index in [-0.39, 0.29) is 30.7 Å². The monoisotopic (exact) mass is 413 g/mol. The third-order valence-electron chi connectivity index (χ3n) is 4.34. The number of nitrogen functional groups attached to an aromatic ring is 1. The van der Waals surface area contributed by atoms with Crippen molar-refractivity contribution in [2.75, 3.05) is 35.6 Å². The van der Waals surface area contributed by atoms with Gasteiger partial charge in [-0.05, 0) is 42.3 Å². The molecule has 2 aromatic carbocycles. The first kappa shape index (κ1) is 22.6. The molecule has 2 aromatic rings. The second-order valence-corrected chi connectivity index (χ2v) is 7.28. The number of anilines is 2. The minimum atomic E-state index is -0.128. The summed E-state index contributed by atoms with van der Waals surface area (Å²) >= 11 is 2.01. The van der Waals surface area contributed by atoms with Gasteiger partial charge in [0.1, 0.15) is 0 Å². The van der Waals surface area contributed by atoms with Crippen LogP contribution in [-0.2, 0) is 6.54 Å². The third kappa shape index (κ3) is 5.81. The number of nitrogens with one attached hydrogen (secondary N) is 1. The van der Waals surface area contributed by atoms with E-state index < -0.39 is 0 Å². The summed E-state index contributed by atoms with van der Waals surface area (Å²) in [5.41, 5.74) is 10.2. The van der Waals surface area contributed by atoms with Gasteiger partial charge in [-0.15, -0.1) is 24.8 Å². The van der Waals surface area contributed by atoms with Gasteiger partial charge in [-0.25, -0.2) is 0 Å². The van der Waals surface area contributed by atoms with Crippen LogP contribution >= 0.6 is 36.6 Å². The van der Waals surface area contributed by atoms with Gasteiger partial charge in [0, 0.05) is 48.1 Å². The van der Waals surface area contributed by atoms with Crippen LogP contribution in [0.25, 0.3) is 0 Å². The van der Waals surface area contributed by atoms with Gasteiger partial charge in [0.2, 0.25) is 0 Å². The molecule has 1 fully saturated rings. The molecular weight excluding hydrogens is 389 g/mol. The van der Waals surface area contributed by atoms with Crippen molar-refractivity contribution in [1.82, 2.24) is 4.90 Å². The van der Waals surface area contributed by atoms with Crippen LogP contribution in [0.1, 0.15) is 21.5 Å². The molecule has 0 aromatic heterocycles. The van der Waals surface area contributed by atoms with Crippen molar-refractivity contribution in [1.29, 1.82) is 0 Å². The molecule has 1 heterocycles. The van der Waals surface area contributed by atoms with Crippen LogP contribution in [0.3, 0.4) is 0 Å². The maximum atomic E-state index is 12.4. The van der Waals surface area contributed by atoms with Crippen molar-refractivity contribution in [3.8, 4) is 0 Å². The molecule has 0 radical (unpaired) electrons. The number of nitrogens with two attached hydrogens (primary N) is 1. The molecule has 4 nitrogen and oxygen atoms in total. The fraction of sp³-hybridized carbons (Fsp3) is 0.316. The van der Waals surface area contributed by atoms with E-state index >= 15 is 0 Å². The lowest BCUT2D eigenvalue weighted by molar-refractivity contribution is 0.102. The topological polar surface area (TPSA) is 58.4 Å². The molecule has 0 spiro atoms. The average Bonchev–Trinajstić information content (AvgIpc) is 2.59. The normalized spacial score (nSPS) is 14.0. The maximum absolute atomic E-state index is 12.4. The van der Waals surface area contributed by atoms with E-state index in [1.807, 2.05) is 23.9 Å². The second kappa shape index (κ2) is 10.7. The summed E-state index contributed by atoms with van der Waals surface area (Å²) in [5, 5.41) is 3.01. The highest BCUT2D eigenvalue weighted by atomic mass is 35.5. The molecule has 7 heteroatoms. The number of hydrogen-bond acceptors (Lipinski definition) is 4. The number of nitrogens with zero attached hydrogens (tertiary/aromatic N) is 1. The van der Waals surface area contributed by atoms with E-state index in [0.29, 0.717) is 11.3 Å². The molecule has 1 amide bonds. The van der Waals surface area contributed by atoms with Crippen molar-refractivity contribution in [3.63, 3.8) is 0 Å². The lowest BCUT2D eigenvalue weighted by atomic mass is 10.1. The Labute approximate surface area is 171 Å². The van der Waals surface area contributed by atoms with Crippen LogP contribution < -0.4 is 11.1 Å². The highest BCUT2D eigenvalue weighted by molar-refractivity contribution is 7.99. The molecule has 1 aliphatic heterocycles. The number of carbonyl (C=O) groups is 1. The number of rotatable bonds is 4. The summed E-state index contributed by atoms with van der Waals surface area (Å²) in [4.78, 5) is 14.9. The lowest BCUT2D eigenvalue weighted by Gasteiger charge is -2.27. The number of carbonyl (C=O) groups excluding carboxylic acids is 1. The summed E-state index contributed by atoms with van der Waals surface area (Å²) in [5.74, 6) is 2.27. The van der Waals surface area contributed by atoms with E-state index in [2.05, 4.69) is 23.2 Å². The van der Waals surface area contributed by atoms with E-state index in [4.69, 9.17) is 5.73 Å². The Kier molecular flexibility index (Phi) is 9.30. The van der Waals surface area contributed by atoms with Crippen LogP contribution in [0, 0.1) is 6.92 Å². The third-order valence-corrected chi connectivity index (χ3v) is 5.28. The zero-order chi connectivity index (χ0) is 16.9. The summed E-state index contributed by atoms with van der Waals surface area (Å²) in [7, 11) is 0. The van der Waals surface area contributed by atoms with Crippen molar-refractivity contribution >= 4 is 53.9 Å². The van der Waals surface area contributed by atoms with Gasteiger partial charge in [-0.1, -0.05) is 18.2 Å². The van der Waals surface area contributed by atoms with Crippen molar-refractivity contribution in [3.05, 3.63) is 59.2 Å². The van der Waals surface area contributed by atoms with Crippen molar-refractivity contribution in [2.24, 2.45) is 0 Å². The summed E-state index contributed by atoms with van der Waals surface area (Å²) in [6, 6.07) is 13.1. The molecule has 3 rings (SSSR count). The van der Waals surface area contributed by atoms with Crippen molar-refractivity contribution < 1.29 is 4.79 Å². The molecule has 142 valence electrons. The van der Waals surface area contributed by atoms with Crippen LogP contribution in [-0.4, -0.2) is 35.4 Å². The fourth-order valence-electron chi connectivity index (χ4n) is 2.86. The molecule has 0 atom stereocenters. The molecule has 0 saturated carbocycles. The van der Waals surface area contributed by atoms with E-state index in [1.54, 1.807) is 24.3 Å². The molecule has 0 aliphatic carbocycles. The van der Waals surface area contributed by atoms with Gasteiger partial charge in [-0.3, -0.25) is 9.69 Å². The Morgan fingerprint density at radius 3 is 2.54 bits per heavy atom. The molecule has 0 bridgehead atoms. The zero-order valence-corrected chi connectivity index (χ0v) is 17.2. The van der Waals surface area contributed by atoms with Crippen LogP contribution in [0.4, 0.5) is 11.4 Å². The molecule has 26 heavy (non-hydrogen) atoms. The number of amides is 1. The Bertz CT molecular complexity index is 736. The zero-order valence-electron chi connectivity index (χ0n) is 14.7. The SMILES string of the molecule is Cc1c(CN2CCSCC2)cccc1NC(=O)c1cccc(N)c1.Cl.Cl. The molecule has 0 unspecified atom stereocenters. The Morgan fingerprint density at radius 1 is 1.15 bits per heavy atom. The minimum Gasteiger partial charge on any atom is -0.399 e. The quantitative estimate of drug-likeness (QED) is 0.736. The first-order valence-corrected chi connectivity index (χ1v) is 9.34. The number of thioether (sulfide) groups is 1. The molecule has 1 aliphatic rings. The number of benzene rings is 2. The summed E-state index contributed by atoms with van der Waals surface area (Å²) < 4.78 is 0. The fourth-order valence-corrected chi connectivity index (χ4v) is 3.84. The van der Waals surface area contributed by atoms with Crippen molar-refractivity contribution in [2.45, 2.75) is 13.5 Å². The predicted octanol–water partition coefficient (Wildman–Crippen LogP) is 4.22. The Hall–Kier alpha value is -1.40. The van der Waals surface area contributed by atoms with Gasteiger partial charge in [0.25, 0.3) is 5.91 Å². The van der Waals surface area contributed by atoms with E-state index in [0.717, 1.165) is 30.9 Å². The standard InChI is InChI=1S/C19H23N3OS.2ClH/c1-14-16(13-22-8-10-24-11-9-22)5-3-7-18(14)21-19(23)15-4-2-6-17(20)12-15;;/h2-7,12H,8-11,13,20H2,1H3,(H,21,23);2*1H. The first-order chi connectivity index (χ1) is 11.6. The summed E-state index contributed by atoms with van der Waals surface area (Å²) in [6.07, 6.45) is 0. The number of hydrogen-bond donors (Lipinski definition) is 2. The Morgan fingerprint density at radius 2 is 1.85 bits per heavy atom.